The topological polar surface area (TPSA) is 104 Å². The normalized spacial score (nSPS) is 15.0. The van der Waals surface area contributed by atoms with Crippen LogP contribution in [0.25, 0.3) is 22.3 Å². The van der Waals surface area contributed by atoms with Gasteiger partial charge in [-0.2, -0.15) is 5.10 Å². The molecule has 4 heterocycles. The molecule has 0 spiro atoms. The summed E-state index contributed by atoms with van der Waals surface area (Å²) in [5, 5.41) is 16.1. The van der Waals surface area contributed by atoms with Gasteiger partial charge in [-0.3, -0.25) is 19.8 Å². The molecule has 12 heteroatoms. The Balaban J connectivity index is 1.38. The molecule has 1 aromatic carbocycles. The van der Waals surface area contributed by atoms with E-state index in [1.807, 2.05) is 10.9 Å². The summed E-state index contributed by atoms with van der Waals surface area (Å²) in [5.41, 5.74) is 2.07. The van der Waals surface area contributed by atoms with Crippen molar-refractivity contribution in [3.05, 3.63) is 59.1 Å². The van der Waals surface area contributed by atoms with Crippen LogP contribution < -0.4 is 10.1 Å². The average molecular weight is 549 g/mol. The third kappa shape index (κ3) is 5.36. The van der Waals surface area contributed by atoms with Crippen molar-refractivity contribution < 1.29 is 23.0 Å². The number of halogens is 2. The number of hydrogen-bond acceptors (Lipinski definition) is 8. The van der Waals surface area contributed by atoms with Gasteiger partial charge in [-0.1, -0.05) is 23.3 Å². The molecule has 1 aliphatic carbocycles. The van der Waals surface area contributed by atoms with Crippen molar-refractivity contribution >= 4 is 22.4 Å². The minimum Gasteiger partial charge on any atom is -0.494 e. The molecule has 4 aromatic rings. The summed E-state index contributed by atoms with van der Waals surface area (Å²) in [6, 6.07) is 6.59. The predicted octanol–water partition coefficient (Wildman–Crippen LogP) is 4.99. The zero-order chi connectivity index (χ0) is 26.9. The van der Waals surface area contributed by atoms with Crippen molar-refractivity contribution in [1.29, 1.82) is 0 Å². The largest absolute Gasteiger partial charge is 0.494 e. The Hall–Kier alpha value is -4.21. The fourth-order valence-electron chi connectivity index (χ4n) is 4.04. The van der Waals surface area contributed by atoms with Crippen LogP contribution in [0.2, 0.25) is 0 Å². The Morgan fingerprint density at radius 3 is 2.74 bits per heavy atom. The van der Waals surface area contributed by atoms with Crippen LogP contribution >= 0.6 is 11.3 Å². The Kier molecular flexibility index (Phi) is 6.76. The second-order valence-corrected chi connectivity index (χ2v) is 10.2. The molecule has 0 radical (unpaired) electrons. The first kappa shape index (κ1) is 25.1. The number of aromatic nitrogens is 5. The number of rotatable bonds is 7. The van der Waals surface area contributed by atoms with Crippen LogP contribution in [0.4, 0.5) is 13.9 Å². The summed E-state index contributed by atoms with van der Waals surface area (Å²) >= 11 is 1.17. The molecular formula is C27H22F2N6O3S. The number of benzene rings is 1. The average Bonchev–Trinajstić information content (AvgIpc) is 3.44. The van der Waals surface area contributed by atoms with E-state index in [0.717, 1.165) is 24.0 Å². The maximum atomic E-state index is 13.6. The molecule has 0 atom stereocenters. The first-order valence-corrected chi connectivity index (χ1v) is 13.1. The lowest BCUT2D eigenvalue weighted by atomic mass is 9.94. The number of nitrogens with zero attached hydrogens (tertiary/aromatic N) is 5. The lowest BCUT2D eigenvalue weighted by molar-refractivity contribution is -0.0286. The Labute approximate surface area is 226 Å². The van der Waals surface area contributed by atoms with Crippen LogP contribution in [-0.2, 0) is 4.74 Å². The SMILES string of the molecule is COc1cnc(C(F)F)cc1-c1cc(-c2cnn(C3COC3)c2)ccc1C(=O)Nc1nnc(C#CC2CC2)s1. The number of pyridine rings is 1. The third-order valence-electron chi connectivity index (χ3n) is 6.42. The van der Waals surface area contributed by atoms with E-state index in [1.165, 1.54) is 30.7 Å². The van der Waals surface area contributed by atoms with Crippen molar-refractivity contribution in [2.75, 3.05) is 25.6 Å². The molecule has 6 rings (SSSR count). The number of hydrogen-bond donors (Lipinski definition) is 1. The number of anilines is 1. The molecule has 1 saturated heterocycles. The summed E-state index contributed by atoms with van der Waals surface area (Å²) in [5.74, 6) is 6.29. The van der Waals surface area contributed by atoms with E-state index in [9.17, 15) is 13.6 Å². The van der Waals surface area contributed by atoms with Gasteiger partial charge in [-0.05, 0) is 48.1 Å². The van der Waals surface area contributed by atoms with Gasteiger partial charge in [0.15, 0.2) is 5.01 Å². The van der Waals surface area contributed by atoms with Crippen LogP contribution in [0.3, 0.4) is 0 Å². The zero-order valence-corrected chi connectivity index (χ0v) is 21.5. The molecule has 1 N–H and O–H groups in total. The van der Waals surface area contributed by atoms with E-state index in [4.69, 9.17) is 9.47 Å². The van der Waals surface area contributed by atoms with Gasteiger partial charge in [-0.15, -0.1) is 10.2 Å². The summed E-state index contributed by atoms with van der Waals surface area (Å²) in [6.45, 7) is 1.19. The molecule has 0 bridgehead atoms. The van der Waals surface area contributed by atoms with Crippen molar-refractivity contribution in [3.8, 4) is 39.8 Å². The van der Waals surface area contributed by atoms with E-state index < -0.39 is 18.0 Å². The van der Waals surface area contributed by atoms with Gasteiger partial charge >= 0.3 is 0 Å². The van der Waals surface area contributed by atoms with Gasteiger partial charge in [0.2, 0.25) is 5.13 Å². The van der Waals surface area contributed by atoms with E-state index in [0.29, 0.717) is 35.3 Å². The first-order chi connectivity index (χ1) is 19.0. The maximum absolute atomic E-state index is 13.6. The van der Waals surface area contributed by atoms with Crippen molar-refractivity contribution in [3.63, 3.8) is 0 Å². The van der Waals surface area contributed by atoms with E-state index in [1.54, 1.807) is 24.4 Å². The first-order valence-electron chi connectivity index (χ1n) is 12.2. The van der Waals surface area contributed by atoms with E-state index >= 15 is 0 Å². The summed E-state index contributed by atoms with van der Waals surface area (Å²) in [6.07, 6.45) is 4.23. The van der Waals surface area contributed by atoms with Gasteiger partial charge < -0.3 is 9.47 Å². The third-order valence-corrected chi connectivity index (χ3v) is 7.18. The smallest absolute Gasteiger partial charge is 0.280 e. The van der Waals surface area contributed by atoms with Crippen molar-refractivity contribution in [2.24, 2.45) is 5.92 Å². The highest BCUT2D eigenvalue weighted by Gasteiger charge is 2.24. The quantitative estimate of drug-likeness (QED) is 0.324. The van der Waals surface area contributed by atoms with Gasteiger partial charge in [-0.25, -0.2) is 8.78 Å². The molecule has 3 aromatic heterocycles. The highest BCUT2D eigenvalue weighted by Crippen LogP contribution is 2.37. The molecule has 9 nitrogen and oxygen atoms in total. The van der Waals surface area contributed by atoms with Gasteiger partial charge in [0.05, 0.1) is 38.8 Å². The number of methoxy groups -OCH3 is 1. The standard InChI is InChI=1S/C27H22F2N6O3S/c1-37-23-11-30-22(25(28)29)9-21(23)20-8-16(17-10-31-35(12-17)18-13-38-14-18)5-6-19(20)26(36)32-27-34-33-24(39-27)7-4-15-2-3-15/h5-6,8-12,15,18,25H,2-3,13-14H2,1H3,(H,32,34,36). The van der Waals surface area contributed by atoms with Gasteiger partial charge in [0, 0.05) is 28.8 Å². The lowest BCUT2D eigenvalue weighted by Gasteiger charge is -2.25. The number of carbonyl (C=O) groups excluding carboxylic acids is 1. The van der Waals surface area contributed by atoms with Gasteiger partial charge in [0.25, 0.3) is 12.3 Å². The molecule has 1 aliphatic heterocycles. The second-order valence-electron chi connectivity index (χ2n) is 9.18. The molecule has 198 valence electrons. The Morgan fingerprint density at radius 1 is 1.18 bits per heavy atom. The summed E-state index contributed by atoms with van der Waals surface area (Å²) < 4.78 is 39.7. The lowest BCUT2D eigenvalue weighted by Crippen LogP contribution is -2.30. The highest BCUT2D eigenvalue weighted by atomic mass is 32.1. The van der Waals surface area contributed by atoms with Crippen LogP contribution in [0.5, 0.6) is 5.75 Å². The number of alkyl halides is 2. The number of ether oxygens (including phenoxy) is 2. The molecular weight excluding hydrogens is 526 g/mol. The van der Waals surface area contributed by atoms with Crippen molar-refractivity contribution in [2.45, 2.75) is 25.3 Å². The number of amides is 1. The van der Waals surface area contributed by atoms with E-state index in [2.05, 4.69) is 37.4 Å². The number of nitrogens with one attached hydrogen (secondary N) is 1. The molecule has 2 fully saturated rings. The Morgan fingerprint density at radius 2 is 2.03 bits per heavy atom. The zero-order valence-electron chi connectivity index (χ0n) is 20.7. The Bertz CT molecular complexity index is 1600. The van der Waals surface area contributed by atoms with Crippen LogP contribution in [-0.4, -0.2) is 51.2 Å². The monoisotopic (exact) mass is 548 g/mol. The minimum atomic E-state index is -2.80. The van der Waals surface area contributed by atoms with Crippen LogP contribution in [0.15, 0.2) is 42.9 Å². The maximum Gasteiger partial charge on any atom is 0.280 e. The van der Waals surface area contributed by atoms with Crippen LogP contribution in [0.1, 0.15) is 46.4 Å². The minimum absolute atomic E-state index is 0.169. The molecule has 0 unspecified atom stereocenters. The van der Waals surface area contributed by atoms with Gasteiger partial charge in [0.1, 0.15) is 11.4 Å². The fraction of sp³-hybridized carbons (Fsp3) is 0.296. The van der Waals surface area contributed by atoms with Crippen LogP contribution in [0, 0.1) is 17.8 Å². The fourth-order valence-corrected chi connectivity index (χ4v) is 4.64. The number of carbonyl (C=O) groups is 1. The summed E-state index contributed by atoms with van der Waals surface area (Å²) in [7, 11) is 1.42. The highest BCUT2D eigenvalue weighted by molar-refractivity contribution is 7.15. The second kappa shape index (κ2) is 10.5. The van der Waals surface area contributed by atoms with Crippen molar-refractivity contribution in [1.82, 2.24) is 25.0 Å². The molecule has 1 amide bonds. The predicted molar refractivity (Wildman–Crippen MR) is 140 cm³/mol. The molecule has 39 heavy (non-hydrogen) atoms. The molecule has 2 aliphatic rings. The summed E-state index contributed by atoms with van der Waals surface area (Å²) in [4.78, 5) is 17.3. The van der Waals surface area contributed by atoms with E-state index in [-0.39, 0.29) is 22.5 Å². The molecule has 1 saturated carbocycles.